The maximum Gasteiger partial charge on any atom is 0.154 e. The maximum atomic E-state index is 9.61. The van der Waals surface area contributed by atoms with E-state index >= 15 is 0 Å². The molecule has 0 aromatic heterocycles. The van der Waals surface area contributed by atoms with Crippen LogP contribution in [0, 0.1) is 11.8 Å². The first kappa shape index (κ1) is 13.0. The summed E-state index contributed by atoms with van der Waals surface area (Å²) in [6.45, 7) is 5.11. The second kappa shape index (κ2) is 7.24. The minimum atomic E-state index is -0.533. The summed E-state index contributed by atoms with van der Waals surface area (Å²) in [5.41, 5.74) is 0. The first-order valence-corrected chi connectivity index (χ1v) is 6.48. The molecular formula is C13H26O2. The maximum absolute atomic E-state index is 9.61. The third kappa shape index (κ3) is 6.16. The third-order valence-electron chi connectivity index (χ3n) is 3.24. The quantitative estimate of drug-likeness (QED) is 0.687. The van der Waals surface area contributed by atoms with E-state index in [1.165, 1.54) is 32.1 Å². The summed E-state index contributed by atoms with van der Waals surface area (Å²) < 4.78 is 5.49. The lowest BCUT2D eigenvalue weighted by Gasteiger charge is -2.23. The van der Waals surface area contributed by atoms with Gasteiger partial charge in [-0.2, -0.15) is 0 Å². The Morgan fingerprint density at radius 3 is 2.40 bits per heavy atom. The number of ether oxygens (including phenoxy) is 1. The highest BCUT2D eigenvalue weighted by Gasteiger charge is 2.15. The predicted molar refractivity (Wildman–Crippen MR) is 62.6 cm³/mol. The summed E-state index contributed by atoms with van der Waals surface area (Å²) in [7, 11) is 0. The highest BCUT2D eigenvalue weighted by Crippen LogP contribution is 2.24. The van der Waals surface area contributed by atoms with Gasteiger partial charge >= 0.3 is 0 Å². The molecule has 2 heteroatoms. The molecule has 0 aliphatic heterocycles. The first-order chi connectivity index (χ1) is 7.18. The Labute approximate surface area is 94.0 Å². The highest BCUT2D eigenvalue weighted by molar-refractivity contribution is 4.65. The third-order valence-corrected chi connectivity index (χ3v) is 3.24. The largest absolute Gasteiger partial charge is 0.368 e. The van der Waals surface area contributed by atoms with Crippen molar-refractivity contribution in [3.05, 3.63) is 0 Å². The van der Waals surface area contributed by atoms with E-state index in [4.69, 9.17) is 4.74 Å². The van der Waals surface area contributed by atoms with Gasteiger partial charge in [-0.25, -0.2) is 0 Å². The van der Waals surface area contributed by atoms with Crippen LogP contribution >= 0.6 is 0 Å². The first-order valence-electron chi connectivity index (χ1n) is 6.48. The van der Waals surface area contributed by atoms with Gasteiger partial charge in [0.05, 0.1) is 6.61 Å². The lowest BCUT2D eigenvalue weighted by Crippen LogP contribution is -2.20. The Morgan fingerprint density at radius 2 is 1.80 bits per heavy atom. The van der Waals surface area contributed by atoms with Gasteiger partial charge in [0.15, 0.2) is 6.29 Å². The van der Waals surface area contributed by atoms with Crippen LogP contribution in [0.15, 0.2) is 0 Å². The Bertz CT molecular complexity index is 151. The van der Waals surface area contributed by atoms with Crippen LogP contribution in [-0.2, 0) is 4.74 Å². The minimum absolute atomic E-state index is 0.533. The van der Waals surface area contributed by atoms with Crippen LogP contribution in [0.2, 0.25) is 0 Å². The Hall–Kier alpha value is -0.0800. The van der Waals surface area contributed by atoms with E-state index in [1.807, 2.05) is 0 Å². The van der Waals surface area contributed by atoms with E-state index in [2.05, 4.69) is 13.8 Å². The zero-order valence-electron chi connectivity index (χ0n) is 10.2. The molecule has 0 bridgehead atoms. The van der Waals surface area contributed by atoms with Crippen molar-refractivity contribution in [1.82, 2.24) is 0 Å². The van der Waals surface area contributed by atoms with Crippen molar-refractivity contribution >= 4 is 0 Å². The SMILES string of the molecule is CC(C)CCC(O)OCC1CCCCC1. The second-order valence-electron chi connectivity index (χ2n) is 5.26. The van der Waals surface area contributed by atoms with Crippen molar-refractivity contribution in [2.75, 3.05) is 6.61 Å². The summed E-state index contributed by atoms with van der Waals surface area (Å²) in [5, 5.41) is 9.61. The molecule has 15 heavy (non-hydrogen) atoms. The smallest absolute Gasteiger partial charge is 0.154 e. The lowest BCUT2D eigenvalue weighted by atomic mass is 9.90. The van der Waals surface area contributed by atoms with Crippen molar-refractivity contribution < 1.29 is 9.84 Å². The molecule has 1 aliphatic rings. The number of hydrogen-bond acceptors (Lipinski definition) is 2. The number of aliphatic hydroxyl groups excluding tert-OH is 1. The molecular weight excluding hydrogens is 188 g/mol. The van der Waals surface area contributed by atoms with Gasteiger partial charge in [0, 0.05) is 0 Å². The van der Waals surface area contributed by atoms with Crippen LogP contribution in [0.25, 0.3) is 0 Å². The summed E-state index contributed by atoms with van der Waals surface area (Å²) in [6, 6.07) is 0. The normalized spacial score (nSPS) is 20.8. The van der Waals surface area contributed by atoms with E-state index in [0.29, 0.717) is 11.8 Å². The Balaban J connectivity index is 2.02. The minimum Gasteiger partial charge on any atom is -0.368 e. The molecule has 90 valence electrons. The molecule has 0 spiro atoms. The molecule has 1 saturated carbocycles. The zero-order valence-corrected chi connectivity index (χ0v) is 10.2. The summed E-state index contributed by atoms with van der Waals surface area (Å²) in [5.74, 6) is 1.35. The number of hydrogen-bond donors (Lipinski definition) is 1. The fourth-order valence-corrected chi connectivity index (χ4v) is 2.16. The average Bonchev–Trinajstić information content (AvgIpc) is 2.25. The van der Waals surface area contributed by atoms with Crippen molar-refractivity contribution in [3.8, 4) is 0 Å². The summed E-state index contributed by atoms with van der Waals surface area (Å²) >= 11 is 0. The van der Waals surface area contributed by atoms with Crippen molar-refractivity contribution in [1.29, 1.82) is 0 Å². The van der Waals surface area contributed by atoms with Gasteiger partial charge in [0.1, 0.15) is 0 Å². The highest BCUT2D eigenvalue weighted by atomic mass is 16.6. The zero-order chi connectivity index (χ0) is 11.1. The average molecular weight is 214 g/mol. The predicted octanol–water partition coefficient (Wildman–Crippen LogP) is 3.34. The second-order valence-corrected chi connectivity index (χ2v) is 5.26. The standard InChI is InChI=1S/C13H26O2/c1-11(2)8-9-13(14)15-10-12-6-4-3-5-7-12/h11-14H,3-10H2,1-2H3. The van der Waals surface area contributed by atoms with Crippen LogP contribution in [0.5, 0.6) is 0 Å². The van der Waals surface area contributed by atoms with Gasteiger partial charge in [-0.15, -0.1) is 0 Å². The Kier molecular flexibility index (Phi) is 6.26. The molecule has 1 N–H and O–H groups in total. The molecule has 1 rings (SSSR count). The van der Waals surface area contributed by atoms with E-state index in [9.17, 15) is 5.11 Å². The van der Waals surface area contributed by atoms with E-state index in [-0.39, 0.29) is 0 Å². The van der Waals surface area contributed by atoms with E-state index < -0.39 is 6.29 Å². The molecule has 0 radical (unpaired) electrons. The lowest BCUT2D eigenvalue weighted by molar-refractivity contribution is -0.117. The molecule has 2 nitrogen and oxygen atoms in total. The molecule has 0 aromatic carbocycles. The monoisotopic (exact) mass is 214 g/mol. The van der Waals surface area contributed by atoms with E-state index in [0.717, 1.165) is 19.4 Å². The van der Waals surface area contributed by atoms with Crippen LogP contribution in [0.4, 0.5) is 0 Å². The van der Waals surface area contributed by atoms with Gasteiger partial charge in [-0.3, -0.25) is 0 Å². The van der Waals surface area contributed by atoms with Gasteiger partial charge in [-0.1, -0.05) is 33.1 Å². The summed E-state index contributed by atoms with van der Waals surface area (Å²) in [6.07, 6.45) is 7.94. The van der Waals surface area contributed by atoms with Crippen molar-refractivity contribution in [3.63, 3.8) is 0 Å². The molecule has 0 heterocycles. The van der Waals surface area contributed by atoms with Gasteiger partial charge in [0.25, 0.3) is 0 Å². The number of rotatable bonds is 6. The van der Waals surface area contributed by atoms with E-state index in [1.54, 1.807) is 0 Å². The molecule has 1 fully saturated rings. The molecule has 0 amide bonds. The van der Waals surface area contributed by atoms with Crippen LogP contribution in [-0.4, -0.2) is 18.0 Å². The molecule has 1 unspecified atom stereocenters. The summed E-state index contributed by atoms with van der Waals surface area (Å²) in [4.78, 5) is 0. The van der Waals surface area contributed by atoms with Crippen LogP contribution in [0.3, 0.4) is 0 Å². The van der Waals surface area contributed by atoms with Crippen LogP contribution in [0.1, 0.15) is 58.8 Å². The fraction of sp³-hybridized carbons (Fsp3) is 1.00. The number of aliphatic hydroxyl groups is 1. The Morgan fingerprint density at radius 1 is 1.13 bits per heavy atom. The van der Waals surface area contributed by atoms with Crippen molar-refractivity contribution in [2.45, 2.75) is 65.1 Å². The van der Waals surface area contributed by atoms with Gasteiger partial charge in [0.2, 0.25) is 0 Å². The van der Waals surface area contributed by atoms with Crippen molar-refractivity contribution in [2.24, 2.45) is 11.8 Å². The molecule has 1 aliphatic carbocycles. The fourth-order valence-electron chi connectivity index (χ4n) is 2.16. The van der Waals surface area contributed by atoms with Gasteiger partial charge < -0.3 is 9.84 Å². The van der Waals surface area contributed by atoms with Gasteiger partial charge in [-0.05, 0) is 37.5 Å². The topological polar surface area (TPSA) is 29.5 Å². The molecule has 0 saturated heterocycles. The molecule has 1 atom stereocenters. The van der Waals surface area contributed by atoms with Crippen LogP contribution < -0.4 is 0 Å². The molecule has 0 aromatic rings.